The number of esters is 1. The highest BCUT2D eigenvalue weighted by Crippen LogP contribution is 1.98. The summed E-state index contributed by atoms with van der Waals surface area (Å²) in [7, 11) is 2.61. The molecule has 0 aromatic rings. The third-order valence-corrected chi connectivity index (χ3v) is 1.13. The lowest BCUT2D eigenvalue weighted by molar-refractivity contribution is -0.143. The number of methoxy groups -OCH3 is 2. The van der Waals surface area contributed by atoms with E-state index in [1.165, 1.54) is 14.2 Å². The van der Waals surface area contributed by atoms with Gasteiger partial charge in [-0.1, -0.05) is 0 Å². The average Bonchev–Trinajstić information content (AvgIpc) is 1.99. The van der Waals surface area contributed by atoms with Crippen LogP contribution in [0.2, 0.25) is 0 Å². The van der Waals surface area contributed by atoms with Gasteiger partial charge in [0, 0.05) is 7.11 Å². The molecule has 0 aliphatic carbocycles. The summed E-state index contributed by atoms with van der Waals surface area (Å²) in [6, 6.07) is 0. The third-order valence-electron chi connectivity index (χ3n) is 1.13. The van der Waals surface area contributed by atoms with Crippen LogP contribution in [0.3, 0.4) is 0 Å². The van der Waals surface area contributed by atoms with Crippen molar-refractivity contribution in [1.29, 1.82) is 0 Å². The molecule has 0 fully saturated rings. The van der Waals surface area contributed by atoms with Crippen LogP contribution in [0.5, 0.6) is 0 Å². The highest BCUT2D eigenvalue weighted by molar-refractivity contribution is 5.69. The molecule has 3 nitrogen and oxygen atoms in total. The van der Waals surface area contributed by atoms with Gasteiger partial charge in [-0.05, 0) is 0 Å². The van der Waals surface area contributed by atoms with Crippen LogP contribution >= 0.6 is 0 Å². The number of rotatable bonds is 4. The molecule has 0 aromatic carbocycles. The maximum absolute atomic E-state index is 11.8. The quantitative estimate of drug-likeness (QED) is 0.548. The van der Waals surface area contributed by atoms with Crippen molar-refractivity contribution in [3.05, 3.63) is 0 Å². The molecule has 0 aliphatic heterocycles. The van der Waals surface area contributed by atoms with Gasteiger partial charge < -0.3 is 9.47 Å². The van der Waals surface area contributed by atoms with E-state index < -0.39 is 18.7 Å². The van der Waals surface area contributed by atoms with E-state index in [9.17, 15) is 9.18 Å². The van der Waals surface area contributed by atoms with Crippen molar-refractivity contribution in [2.24, 2.45) is 0 Å². The maximum Gasteiger partial charge on any atom is 0.308 e. The van der Waals surface area contributed by atoms with E-state index in [4.69, 9.17) is 0 Å². The largest absolute Gasteiger partial charge is 0.469 e. The van der Waals surface area contributed by atoms with Crippen LogP contribution in [0.4, 0.5) is 4.39 Å². The normalized spacial score (nSPS) is 12.7. The maximum atomic E-state index is 11.8. The fraction of sp³-hybridized carbons (Fsp3) is 0.833. The summed E-state index contributed by atoms with van der Waals surface area (Å²) in [5, 5.41) is 0. The lowest BCUT2D eigenvalue weighted by Gasteiger charge is -2.07. The summed E-state index contributed by atoms with van der Waals surface area (Å²) < 4.78 is 20.7. The molecule has 0 N–H and O–H groups in total. The summed E-state index contributed by atoms with van der Waals surface area (Å²) >= 11 is 0. The molecule has 10 heavy (non-hydrogen) atoms. The van der Waals surface area contributed by atoms with Gasteiger partial charge in [0.2, 0.25) is 0 Å². The first kappa shape index (κ1) is 9.36. The van der Waals surface area contributed by atoms with Gasteiger partial charge in [-0.15, -0.1) is 0 Å². The fourth-order valence-electron chi connectivity index (χ4n) is 0.470. The van der Waals surface area contributed by atoms with Gasteiger partial charge in [-0.3, -0.25) is 4.79 Å². The fourth-order valence-corrected chi connectivity index (χ4v) is 0.470. The van der Waals surface area contributed by atoms with E-state index in [2.05, 4.69) is 9.47 Å². The number of hydrogen-bond acceptors (Lipinski definition) is 3. The molecule has 0 bridgehead atoms. The minimum atomic E-state index is -0.661. The van der Waals surface area contributed by atoms with Gasteiger partial charge in [-0.25, -0.2) is 4.39 Å². The van der Waals surface area contributed by atoms with Gasteiger partial charge in [0.05, 0.1) is 19.6 Å². The summed E-state index contributed by atoms with van der Waals surface area (Å²) in [6.07, 6.45) is -0.684. The number of hydrogen-bond donors (Lipinski definition) is 0. The second kappa shape index (κ2) is 5.17. The highest BCUT2D eigenvalue weighted by Gasteiger charge is 2.12. The molecule has 0 heterocycles. The molecule has 4 heteroatoms. The first-order valence-corrected chi connectivity index (χ1v) is 2.90. The van der Waals surface area contributed by atoms with Gasteiger partial charge in [0.15, 0.2) is 0 Å². The van der Waals surface area contributed by atoms with Gasteiger partial charge in [0.25, 0.3) is 0 Å². The molecular weight excluding hydrogens is 139 g/mol. The van der Waals surface area contributed by atoms with Crippen LogP contribution in [0.25, 0.3) is 0 Å². The summed E-state index contributed by atoms with van der Waals surface area (Å²) in [4.78, 5) is 10.5. The Hall–Kier alpha value is -0.640. The van der Waals surface area contributed by atoms with Gasteiger partial charge in [0.1, 0.15) is 6.67 Å². The summed E-state index contributed by atoms with van der Waals surface area (Å²) in [6.45, 7) is -0.661. The standard InChI is InChI=1S/C6H11FO3/c1-9-5(4-7)3-6(8)10-2/h5H,3-4H2,1-2H3. The van der Waals surface area contributed by atoms with Crippen molar-refractivity contribution in [3.8, 4) is 0 Å². The van der Waals surface area contributed by atoms with Crippen molar-refractivity contribution < 1.29 is 18.7 Å². The Kier molecular flexibility index (Phi) is 4.84. The number of carbonyl (C=O) groups excluding carboxylic acids is 1. The lowest BCUT2D eigenvalue weighted by Crippen LogP contribution is -2.18. The molecule has 0 aromatic heterocycles. The highest BCUT2D eigenvalue weighted by atomic mass is 19.1. The van der Waals surface area contributed by atoms with Crippen molar-refractivity contribution in [3.63, 3.8) is 0 Å². The molecule has 0 amide bonds. The zero-order valence-corrected chi connectivity index (χ0v) is 6.09. The number of carbonyl (C=O) groups is 1. The molecule has 0 spiro atoms. The van der Waals surface area contributed by atoms with Crippen LogP contribution in [-0.4, -0.2) is 33.0 Å². The van der Waals surface area contributed by atoms with Gasteiger partial charge in [-0.2, -0.15) is 0 Å². The zero-order chi connectivity index (χ0) is 7.98. The number of halogens is 1. The van der Waals surface area contributed by atoms with E-state index >= 15 is 0 Å². The number of alkyl halides is 1. The van der Waals surface area contributed by atoms with Gasteiger partial charge >= 0.3 is 5.97 Å². The molecule has 0 saturated heterocycles. The molecular formula is C6H11FO3. The Labute approximate surface area is 59.1 Å². The molecule has 1 atom stereocenters. The number of ether oxygens (including phenoxy) is 2. The Morgan fingerprint density at radius 1 is 1.60 bits per heavy atom. The summed E-state index contributed by atoms with van der Waals surface area (Å²) in [5.41, 5.74) is 0. The molecule has 0 aliphatic rings. The van der Waals surface area contributed by atoms with Crippen LogP contribution in [0, 0.1) is 0 Å². The Morgan fingerprint density at radius 3 is 2.50 bits per heavy atom. The predicted octanol–water partition coefficient (Wildman–Crippen LogP) is 0.534. The lowest BCUT2D eigenvalue weighted by atomic mass is 10.3. The summed E-state index contributed by atoms with van der Waals surface area (Å²) in [5.74, 6) is -0.454. The molecule has 60 valence electrons. The van der Waals surface area contributed by atoms with E-state index in [1.54, 1.807) is 0 Å². The first-order chi connectivity index (χ1) is 4.74. The minimum Gasteiger partial charge on any atom is -0.469 e. The Bertz CT molecular complexity index is 101. The van der Waals surface area contributed by atoms with E-state index in [1.807, 2.05) is 0 Å². The van der Waals surface area contributed by atoms with Crippen molar-refractivity contribution in [2.45, 2.75) is 12.5 Å². The van der Waals surface area contributed by atoms with Crippen molar-refractivity contribution in [2.75, 3.05) is 20.9 Å². The molecule has 0 radical (unpaired) electrons. The van der Waals surface area contributed by atoms with Crippen LogP contribution in [0.15, 0.2) is 0 Å². The molecule has 0 rings (SSSR count). The Balaban J connectivity index is 3.52. The Morgan fingerprint density at radius 2 is 2.20 bits per heavy atom. The first-order valence-electron chi connectivity index (χ1n) is 2.90. The average molecular weight is 150 g/mol. The van der Waals surface area contributed by atoms with Crippen molar-refractivity contribution in [1.82, 2.24) is 0 Å². The van der Waals surface area contributed by atoms with Crippen molar-refractivity contribution >= 4 is 5.97 Å². The topological polar surface area (TPSA) is 35.5 Å². The smallest absolute Gasteiger partial charge is 0.308 e. The SMILES string of the molecule is COC(=O)CC(CF)OC. The second-order valence-electron chi connectivity index (χ2n) is 1.79. The zero-order valence-electron chi connectivity index (χ0n) is 6.09. The van der Waals surface area contributed by atoms with E-state index in [0.29, 0.717) is 0 Å². The second-order valence-corrected chi connectivity index (χ2v) is 1.79. The monoisotopic (exact) mass is 150 g/mol. The van der Waals surface area contributed by atoms with Crippen LogP contribution in [-0.2, 0) is 14.3 Å². The van der Waals surface area contributed by atoms with E-state index in [-0.39, 0.29) is 6.42 Å². The van der Waals surface area contributed by atoms with Crippen LogP contribution < -0.4 is 0 Å². The van der Waals surface area contributed by atoms with E-state index in [0.717, 1.165) is 0 Å². The van der Waals surface area contributed by atoms with Crippen LogP contribution in [0.1, 0.15) is 6.42 Å². The predicted molar refractivity (Wildman–Crippen MR) is 33.4 cm³/mol. The minimum absolute atomic E-state index is 0.0243. The molecule has 1 unspecified atom stereocenters. The third kappa shape index (κ3) is 3.40. The molecule has 0 saturated carbocycles.